The molecular formula is C16H25N3O3S. The molecule has 1 aliphatic heterocycles. The first-order valence-electron chi connectivity index (χ1n) is 8.40. The quantitative estimate of drug-likeness (QED) is 0.839. The van der Waals surface area contributed by atoms with E-state index in [1.54, 1.807) is 18.1 Å². The maximum Gasteiger partial charge on any atom is 0.257 e. The fraction of sp³-hybridized carbons (Fsp3) is 0.750. The maximum atomic E-state index is 12.9. The summed E-state index contributed by atoms with van der Waals surface area (Å²) in [7, 11) is -1.41. The van der Waals surface area contributed by atoms with Gasteiger partial charge < -0.3 is 4.90 Å². The second-order valence-corrected chi connectivity index (χ2v) is 9.09. The van der Waals surface area contributed by atoms with Gasteiger partial charge in [0.1, 0.15) is 0 Å². The summed E-state index contributed by atoms with van der Waals surface area (Å²) >= 11 is 0. The number of aromatic nitrogens is 2. The van der Waals surface area contributed by atoms with Gasteiger partial charge in [-0.25, -0.2) is 8.42 Å². The summed E-state index contributed by atoms with van der Waals surface area (Å²) in [4.78, 5) is 14.6. The van der Waals surface area contributed by atoms with Crippen LogP contribution in [0.1, 0.15) is 54.6 Å². The molecule has 1 aromatic rings. The third-order valence-electron chi connectivity index (χ3n) is 5.25. The monoisotopic (exact) mass is 339 g/mol. The number of carbonyl (C=O) groups is 1. The van der Waals surface area contributed by atoms with Gasteiger partial charge in [-0.15, -0.1) is 0 Å². The predicted octanol–water partition coefficient (Wildman–Crippen LogP) is 1.65. The molecule has 2 atom stereocenters. The van der Waals surface area contributed by atoms with Crippen LogP contribution in [0, 0.1) is 0 Å². The van der Waals surface area contributed by atoms with E-state index in [9.17, 15) is 13.2 Å². The Morgan fingerprint density at radius 3 is 2.74 bits per heavy atom. The van der Waals surface area contributed by atoms with Crippen molar-refractivity contribution in [1.82, 2.24) is 14.7 Å². The smallest absolute Gasteiger partial charge is 0.257 e. The Balaban J connectivity index is 1.85. The Hall–Kier alpha value is -1.37. The van der Waals surface area contributed by atoms with Crippen molar-refractivity contribution in [3.05, 3.63) is 17.5 Å². The highest BCUT2D eigenvalue weighted by Gasteiger charge is 2.38. The summed E-state index contributed by atoms with van der Waals surface area (Å²) in [6.45, 7) is 0.863. The molecule has 0 aromatic carbocycles. The third kappa shape index (κ3) is 3.16. The Kier molecular flexibility index (Phi) is 4.49. The predicted molar refractivity (Wildman–Crippen MR) is 88.1 cm³/mol. The van der Waals surface area contributed by atoms with Gasteiger partial charge in [0.05, 0.1) is 22.7 Å². The lowest BCUT2D eigenvalue weighted by atomic mass is 9.93. The number of fused-ring (bicyclic) bond motifs is 1. The molecule has 6 nitrogen and oxygen atoms in total. The number of hydrogen-bond donors (Lipinski definition) is 0. The van der Waals surface area contributed by atoms with Crippen molar-refractivity contribution in [1.29, 1.82) is 0 Å². The number of nitrogens with zero attached hydrogens (tertiary/aromatic N) is 3. The maximum absolute atomic E-state index is 12.9. The molecular weight excluding hydrogens is 314 g/mol. The zero-order chi connectivity index (χ0) is 16.6. The van der Waals surface area contributed by atoms with Crippen molar-refractivity contribution in [3.63, 3.8) is 0 Å². The third-order valence-corrected chi connectivity index (χ3v) is 6.90. The van der Waals surface area contributed by atoms with Gasteiger partial charge >= 0.3 is 0 Å². The number of rotatable bonds is 3. The molecule has 1 saturated carbocycles. The number of amides is 1. The lowest BCUT2D eigenvalue weighted by Gasteiger charge is -2.37. The average Bonchev–Trinajstić information content (AvgIpc) is 2.96. The lowest BCUT2D eigenvalue weighted by molar-refractivity contribution is 0.0698. The highest BCUT2D eigenvalue weighted by Crippen LogP contribution is 2.29. The van der Waals surface area contributed by atoms with Gasteiger partial charge in [-0.3, -0.25) is 9.48 Å². The van der Waals surface area contributed by atoms with Crippen LogP contribution in [-0.4, -0.2) is 53.6 Å². The number of hydrogen-bond acceptors (Lipinski definition) is 4. The summed E-state index contributed by atoms with van der Waals surface area (Å²) in [6, 6.07) is -0.231. The molecule has 2 heterocycles. The van der Waals surface area contributed by atoms with Crippen LogP contribution in [0.15, 0.2) is 6.20 Å². The van der Waals surface area contributed by atoms with Crippen LogP contribution in [-0.2, 0) is 22.8 Å². The molecule has 1 fully saturated rings. The summed E-state index contributed by atoms with van der Waals surface area (Å²) in [5.74, 6) is -0.0892. The Labute approximate surface area is 137 Å². The summed E-state index contributed by atoms with van der Waals surface area (Å²) < 4.78 is 26.1. The molecule has 128 valence electrons. The SMILES string of the molecule is CN(C(=O)c1cnn2c1CCCC2)C1CCCCC1S(C)(=O)=O. The molecule has 1 aromatic heterocycles. The fourth-order valence-corrected chi connectivity index (χ4v) is 5.44. The van der Waals surface area contributed by atoms with Crippen LogP contribution in [0.25, 0.3) is 0 Å². The van der Waals surface area contributed by atoms with Crippen LogP contribution in [0.4, 0.5) is 0 Å². The molecule has 23 heavy (non-hydrogen) atoms. The van der Waals surface area contributed by atoms with Crippen molar-refractivity contribution in [3.8, 4) is 0 Å². The molecule has 0 spiro atoms. The summed E-state index contributed by atoms with van der Waals surface area (Å²) in [5.41, 5.74) is 1.64. The summed E-state index contributed by atoms with van der Waals surface area (Å²) in [5, 5.41) is 3.88. The van der Waals surface area contributed by atoms with Crippen LogP contribution < -0.4 is 0 Å². The minimum Gasteiger partial charge on any atom is -0.337 e. The van der Waals surface area contributed by atoms with Gasteiger partial charge in [-0.05, 0) is 32.1 Å². The van der Waals surface area contributed by atoms with Crippen LogP contribution in [0.3, 0.4) is 0 Å². The largest absolute Gasteiger partial charge is 0.337 e. The van der Waals surface area contributed by atoms with E-state index in [0.717, 1.165) is 50.8 Å². The van der Waals surface area contributed by atoms with Crippen molar-refractivity contribution in [2.45, 2.75) is 62.8 Å². The first kappa shape index (κ1) is 16.5. The van der Waals surface area contributed by atoms with Gasteiger partial charge in [0.25, 0.3) is 5.91 Å². The number of carbonyl (C=O) groups excluding carboxylic acids is 1. The van der Waals surface area contributed by atoms with Gasteiger partial charge in [0.2, 0.25) is 0 Å². The molecule has 0 N–H and O–H groups in total. The van der Waals surface area contributed by atoms with E-state index in [-0.39, 0.29) is 11.9 Å². The molecule has 0 saturated heterocycles. The Morgan fingerprint density at radius 1 is 1.26 bits per heavy atom. The average molecular weight is 339 g/mol. The van der Waals surface area contributed by atoms with Gasteiger partial charge in [-0.2, -0.15) is 5.10 Å². The number of sulfone groups is 1. The zero-order valence-corrected chi connectivity index (χ0v) is 14.7. The molecule has 1 amide bonds. The second kappa shape index (κ2) is 6.26. The van der Waals surface area contributed by atoms with E-state index >= 15 is 0 Å². The van der Waals surface area contributed by atoms with Gasteiger partial charge in [0, 0.05) is 25.9 Å². The first-order chi connectivity index (χ1) is 10.9. The van der Waals surface area contributed by atoms with E-state index < -0.39 is 15.1 Å². The molecule has 0 bridgehead atoms. The van der Waals surface area contributed by atoms with Crippen LogP contribution in [0.5, 0.6) is 0 Å². The molecule has 7 heteroatoms. The Bertz CT molecular complexity index is 695. The van der Waals surface area contributed by atoms with Crippen LogP contribution in [0.2, 0.25) is 0 Å². The molecule has 2 aliphatic rings. The van der Waals surface area contributed by atoms with Gasteiger partial charge in [-0.1, -0.05) is 12.8 Å². The van der Waals surface area contributed by atoms with Crippen molar-refractivity contribution in [2.75, 3.05) is 13.3 Å². The van der Waals surface area contributed by atoms with Gasteiger partial charge in [0.15, 0.2) is 9.84 Å². The topological polar surface area (TPSA) is 72.3 Å². The first-order valence-corrected chi connectivity index (χ1v) is 10.4. The van der Waals surface area contributed by atoms with E-state index in [4.69, 9.17) is 0 Å². The number of aryl methyl sites for hydroxylation is 1. The zero-order valence-electron chi connectivity index (χ0n) is 13.9. The van der Waals surface area contributed by atoms with Crippen molar-refractivity contribution < 1.29 is 13.2 Å². The minimum absolute atomic E-state index is 0.0892. The summed E-state index contributed by atoms with van der Waals surface area (Å²) in [6.07, 6.45) is 9.27. The highest BCUT2D eigenvalue weighted by molar-refractivity contribution is 7.91. The molecule has 2 unspecified atom stereocenters. The van der Waals surface area contributed by atoms with E-state index in [1.165, 1.54) is 6.26 Å². The standard InChI is InChI=1S/C16H25N3O3S/c1-18(14-8-3-4-9-15(14)23(2,21)22)16(20)12-11-17-19-10-6-5-7-13(12)19/h11,14-15H,3-10H2,1-2H3. The molecule has 1 aliphatic carbocycles. The lowest BCUT2D eigenvalue weighted by Crippen LogP contribution is -2.49. The van der Waals surface area contributed by atoms with E-state index in [1.807, 2.05) is 4.68 Å². The highest BCUT2D eigenvalue weighted by atomic mass is 32.2. The molecule has 0 radical (unpaired) electrons. The van der Waals surface area contributed by atoms with E-state index in [0.29, 0.717) is 12.0 Å². The molecule has 3 rings (SSSR count). The van der Waals surface area contributed by atoms with Crippen molar-refractivity contribution >= 4 is 15.7 Å². The normalized spacial score (nSPS) is 25.0. The van der Waals surface area contributed by atoms with E-state index in [2.05, 4.69) is 5.10 Å². The minimum atomic E-state index is -3.15. The Morgan fingerprint density at radius 2 is 2.00 bits per heavy atom. The second-order valence-electron chi connectivity index (χ2n) is 6.82. The van der Waals surface area contributed by atoms with Crippen molar-refractivity contribution in [2.24, 2.45) is 0 Å². The van der Waals surface area contributed by atoms with Crippen LogP contribution >= 0.6 is 0 Å². The fourth-order valence-electron chi connectivity index (χ4n) is 3.96.